The van der Waals surface area contributed by atoms with E-state index in [1.54, 1.807) is 0 Å². The van der Waals surface area contributed by atoms with Crippen molar-refractivity contribution in [2.75, 3.05) is 19.6 Å². The van der Waals surface area contributed by atoms with E-state index in [0.717, 1.165) is 5.56 Å². The van der Waals surface area contributed by atoms with Gasteiger partial charge in [0.05, 0.1) is 0 Å². The fourth-order valence-electron chi connectivity index (χ4n) is 2.75. The molecule has 1 aliphatic heterocycles. The van der Waals surface area contributed by atoms with Crippen molar-refractivity contribution in [3.05, 3.63) is 35.9 Å². The molecule has 0 unspecified atom stereocenters. The van der Waals surface area contributed by atoms with Crippen LogP contribution in [0.1, 0.15) is 39.2 Å². The number of amides is 1. The third-order valence-corrected chi connectivity index (χ3v) is 3.96. The molecule has 0 atom stereocenters. The van der Waals surface area contributed by atoms with Crippen LogP contribution in [0.25, 0.3) is 0 Å². The standard InChI is InChI=1S/C18H27N2O3/c1-17(2,3)23-16(21)20(18(22)10-12-19-13-11-18)14-9-15-7-5-4-6-8-15/h4-8,19H,9-14H2,1-3H3. The molecule has 1 fully saturated rings. The van der Waals surface area contributed by atoms with Gasteiger partial charge >= 0.3 is 6.09 Å². The van der Waals surface area contributed by atoms with Gasteiger partial charge in [-0.3, -0.25) is 4.90 Å². The second-order valence-electron chi connectivity index (χ2n) is 7.06. The van der Waals surface area contributed by atoms with Crippen LogP contribution in [0, 0.1) is 0 Å². The Balaban J connectivity index is 2.11. The zero-order valence-electron chi connectivity index (χ0n) is 14.3. The number of carbonyl (C=O) groups is 1. The van der Waals surface area contributed by atoms with E-state index in [1.807, 2.05) is 51.1 Å². The van der Waals surface area contributed by atoms with E-state index < -0.39 is 17.4 Å². The van der Waals surface area contributed by atoms with Gasteiger partial charge in [-0.25, -0.2) is 9.90 Å². The van der Waals surface area contributed by atoms with E-state index in [9.17, 15) is 9.90 Å². The largest absolute Gasteiger partial charge is 0.444 e. The van der Waals surface area contributed by atoms with Crippen LogP contribution >= 0.6 is 0 Å². The predicted octanol–water partition coefficient (Wildman–Crippen LogP) is 2.98. The highest BCUT2D eigenvalue weighted by atomic mass is 16.6. The molecule has 1 aromatic carbocycles. The quantitative estimate of drug-likeness (QED) is 0.868. The first-order chi connectivity index (χ1) is 10.8. The molecule has 0 saturated carbocycles. The second-order valence-corrected chi connectivity index (χ2v) is 7.06. The van der Waals surface area contributed by atoms with Crippen molar-refractivity contribution in [2.45, 2.75) is 51.4 Å². The fourth-order valence-corrected chi connectivity index (χ4v) is 2.75. The Hall–Kier alpha value is -1.59. The van der Waals surface area contributed by atoms with E-state index in [1.165, 1.54) is 4.90 Å². The van der Waals surface area contributed by atoms with Crippen LogP contribution in [0.15, 0.2) is 30.3 Å². The summed E-state index contributed by atoms with van der Waals surface area (Å²) in [6, 6.07) is 9.90. The van der Waals surface area contributed by atoms with Crippen molar-refractivity contribution in [3.8, 4) is 0 Å². The summed E-state index contributed by atoms with van der Waals surface area (Å²) in [5, 5.41) is 16.3. The van der Waals surface area contributed by atoms with Crippen LogP contribution in [0.5, 0.6) is 0 Å². The van der Waals surface area contributed by atoms with Crippen LogP contribution in [-0.4, -0.2) is 42.0 Å². The van der Waals surface area contributed by atoms with Crippen LogP contribution in [0.2, 0.25) is 0 Å². The highest BCUT2D eigenvalue weighted by molar-refractivity contribution is 5.69. The van der Waals surface area contributed by atoms with E-state index in [0.29, 0.717) is 38.9 Å². The van der Waals surface area contributed by atoms with Gasteiger partial charge in [-0.1, -0.05) is 30.3 Å². The Bertz CT molecular complexity index is 505. The smallest absolute Gasteiger partial charge is 0.412 e. The number of benzene rings is 1. The Morgan fingerprint density at radius 3 is 2.39 bits per heavy atom. The lowest BCUT2D eigenvalue weighted by molar-refractivity contribution is -0.162. The Labute approximate surface area is 138 Å². The van der Waals surface area contributed by atoms with Gasteiger partial charge in [0, 0.05) is 19.4 Å². The molecule has 1 aromatic rings. The van der Waals surface area contributed by atoms with Crippen molar-refractivity contribution in [3.63, 3.8) is 0 Å². The minimum atomic E-state index is -1.39. The summed E-state index contributed by atoms with van der Waals surface area (Å²) in [6.07, 6.45) is 0.949. The molecule has 0 aliphatic carbocycles. The molecule has 1 heterocycles. The molecule has 127 valence electrons. The van der Waals surface area contributed by atoms with Crippen molar-refractivity contribution in [1.82, 2.24) is 10.2 Å². The number of hydrogen-bond donors (Lipinski definition) is 1. The van der Waals surface area contributed by atoms with Gasteiger partial charge in [-0.05, 0) is 45.8 Å². The minimum absolute atomic E-state index is 0.377. The molecule has 5 nitrogen and oxygen atoms in total. The van der Waals surface area contributed by atoms with E-state index in [2.05, 4.69) is 5.32 Å². The van der Waals surface area contributed by atoms with Crippen molar-refractivity contribution < 1.29 is 14.6 Å². The second kappa shape index (κ2) is 7.32. The lowest BCUT2D eigenvalue weighted by atomic mass is 9.99. The average molecular weight is 319 g/mol. The summed E-state index contributed by atoms with van der Waals surface area (Å²) in [6.45, 7) is 7.10. The lowest BCUT2D eigenvalue weighted by Gasteiger charge is -2.41. The molecule has 0 aromatic heterocycles. The van der Waals surface area contributed by atoms with Crippen LogP contribution in [0.3, 0.4) is 0 Å². The first kappa shape index (κ1) is 17.8. The summed E-state index contributed by atoms with van der Waals surface area (Å²) in [7, 11) is 0. The third-order valence-electron chi connectivity index (χ3n) is 3.96. The summed E-state index contributed by atoms with van der Waals surface area (Å²) in [5.74, 6) is 0. The van der Waals surface area contributed by atoms with Gasteiger partial charge in [-0.15, -0.1) is 0 Å². The summed E-state index contributed by atoms with van der Waals surface area (Å²) in [4.78, 5) is 14.0. The Morgan fingerprint density at radius 2 is 1.83 bits per heavy atom. The van der Waals surface area contributed by atoms with E-state index >= 15 is 0 Å². The molecule has 0 spiro atoms. The number of hydrogen-bond acceptors (Lipinski definition) is 3. The molecular weight excluding hydrogens is 292 g/mol. The molecule has 1 N–H and O–H groups in total. The molecule has 1 saturated heterocycles. The van der Waals surface area contributed by atoms with Crippen molar-refractivity contribution in [2.24, 2.45) is 0 Å². The Kier molecular flexibility index (Phi) is 5.65. The third kappa shape index (κ3) is 5.22. The van der Waals surface area contributed by atoms with Gasteiger partial charge < -0.3 is 10.1 Å². The molecule has 1 radical (unpaired) electrons. The normalized spacial score (nSPS) is 17.6. The first-order valence-electron chi connectivity index (χ1n) is 8.26. The molecule has 5 heteroatoms. The average Bonchev–Trinajstić information content (AvgIpc) is 2.47. The van der Waals surface area contributed by atoms with E-state index in [4.69, 9.17) is 4.74 Å². The molecule has 1 amide bonds. The maximum atomic E-state index is 13.2. The number of piperidine rings is 1. The number of ether oxygens (including phenoxy) is 1. The molecule has 1 aliphatic rings. The van der Waals surface area contributed by atoms with Crippen LogP contribution in [-0.2, 0) is 16.3 Å². The predicted molar refractivity (Wildman–Crippen MR) is 88.6 cm³/mol. The summed E-state index contributed by atoms with van der Waals surface area (Å²) < 4.78 is 5.47. The van der Waals surface area contributed by atoms with Gasteiger partial charge in [0.2, 0.25) is 0 Å². The monoisotopic (exact) mass is 319 g/mol. The molecule has 23 heavy (non-hydrogen) atoms. The summed E-state index contributed by atoms with van der Waals surface area (Å²) >= 11 is 0. The Morgan fingerprint density at radius 1 is 1.22 bits per heavy atom. The maximum Gasteiger partial charge on any atom is 0.412 e. The number of carbonyl (C=O) groups excluding carboxylic acids is 1. The summed E-state index contributed by atoms with van der Waals surface area (Å²) in [5.41, 5.74) is -0.883. The van der Waals surface area contributed by atoms with Gasteiger partial charge in [0.1, 0.15) is 5.60 Å². The molecular formula is C18H27N2O3. The first-order valence-corrected chi connectivity index (χ1v) is 8.26. The van der Waals surface area contributed by atoms with E-state index in [-0.39, 0.29) is 0 Å². The SMILES string of the molecule is CC(C)(C)OC(=O)N(CCc1ccccc1)C1([O])CCNCC1. The maximum absolute atomic E-state index is 13.2. The minimum Gasteiger partial charge on any atom is -0.444 e. The number of rotatable bonds is 4. The van der Waals surface area contributed by atoms with Crippen molar-refractivity contribution >= 4 is 6.09 Å². The zero-order chi connectivity index (χ0) is 16.9. The van der Waals surface area contributed by atoms with Gasteiger partial charge in [0.25, 0.3) is 0 Å². The van der Waals surface area contributed by atoms with Crippen LogP contribution < -0.4 is 5.32 Å². The fraction of sp³-hybridized carbons (Fsp3) is 0.611. The zero-order valence-corrected chi connectivity index (χ0v) is 14.3. The lowest BCUT2D eigenvalue weighted by Crippen LogP contribution is -2.57. The molecule has 2 rings (SSSR count). The van der Waals surface area contributed by atoms with Gasteiger partial charge in [0.15, 0.2) is 5.72 Å². The van der Waals surface area contributed by atoms with Crippen LogP contribution in [0.4, 0.5) is 4.79 Å². The number of nitrogens with zero attached hydrogens (tertiary/aromatic N) is 1. The molecule has 0 bridgehead atoms. The van der Waals surface area contributed by atoms with Gasteiger partial charge in [-0.2, -0.15) is 0 Å². The van der Waals surface area contributed by atoms with Crippen molar-refractivity contribution in [1.29, 1.82) is 0 Å². The number of nitrogens with one attached hydrogen (secondary N) is 1. The highest BCUT2D eigenvalue weighted by Crippen LogP contribution is 2.26. The highest BCUT2D eigenvalue weighted by Gasteiger charge is 2.42. The topological polar surface area (TPSA) is 61.5 Å².